The number of pyridine rings is 1. The van der Waals surface area contributed by atoms with Crippen LogP contribution in [0.1, 0.15) is 54.1 Å². The monoisotopic (exact) mass is 671 g/mol. The second kappa shape index (κ2) is 13.3. The van der Waals surface area contributed by atoms with Crippen molar-refractivity contribution in [2.24, 2.45) is 10.9 Å². The highest BCUT2D eigenvalue weighted by Crippen LogP contribution is 2.39. The molecule has 17 heteroatoms. The number of aliphatic imine (C=N–C) groups is 1. The molecule has 2 heterocycles. The number of rotatable bonds is 9. The van der Waals surface area contributed by atoms with Gasteiger partial charge in [-0.15, -0.1) is 0 Å². The molecule has 1 aromatic heterocycles. The Hall–Kier alpha value is -3.33. The molecular weight excluding hydrogens is 646 g/mol. The molecule has 1 aliphatic heterocycles. The summed E-state index contributed by atoms with van der Waals surface area (Å²) in [6.45, 7) is -0.956. The summed E-state index contributed by atoms with van der Waals surface area (Å²) in [6.07, 6.45) is -7.29. The topological polar surface area (TPSA) is 105 Å². The van der Waals surface area contributed by atoms with Crippen LogP contribution in [0.2, 0.25) is 10.0 Å². The maximum Gasteiger partial charge on any atom is 0.391 e. The van der Waals surface area contributed by atoms with Crippen molar-refractivity contribution in [2.45, 2.75) is 70.1 Å². The van der Waals surface area contributed by atoms with Crippen molar-refractivity contribution in [1.29, 1.82) is 0 Å². The number of fused-ring (bicyclic) bond motifs is 1. The maximum atomic E-state index is 13.2. The van der Waals surface area contributed by atoms with Crippen LogP contribution in [0.25, 0.3) is 0 Å². The number of ether oxygens (including phenoxy) is 1. The molecule has 2 amide bonds. The fourth-order valence-electron chi connectivity index (χ4n) is 4.74. The number of benzene rings is 1. The lowest BCUT2D eigenvalue weighted by molar-refractivity contribution is -0.182. The van der Waals surface area contributed by atoms with E-state index in [0.717, 1.165) is 0 Å². The van der Waals surface area contributed by atoms with Crippen molar-refractivity contribution < 1.29 is 45.1 Å². The summed E-state index contributed by atoms with van der Waals surface area (Å²) in [5, 5.41) is 7.77. The van der Waals surface area contributed by atoms with E-state index in [1.165, 1.54) is 18.2 Å². The lowest BCUT2D eigenvalue weighted by Crippen LogP contribution is -2.40. The third-order valence-corrected chi connectivity index (χ3v) is 7.78. The average Bonchev–Trinajstić information content (AvgIpc) is 3.33. The second-order valence-electron chi connectivity index (χ2n) is 10.4. The van der Waals surface area contributed by atoms with Gasteiger partial charge in [-0.25, -0.2) is 13.8 Å². The second-order valence-corrected chi connectivity index (χ2v) is 11.2. The number of nitrogens with zero attached hydrogens (tertiary/aromatic N) is 2. The number of hydrogen-bond acceptors (Lipinski definition) is 6. The van der Waals surface area contributed by atoms with E-state index in [4.69, 9.17) is 27.9 Å². The first-order valence-electron chi connectivity index (χ1n) is 13.3. The molecule has 0 unspecified atom stereocenters. The Labute approximate surface area is 256 Å². The lowest BCUT2D eigenvalue weighted by Gasteiger charge is -2.30. The average molecular weight is 672 g/mol. The highest BCUT2D eigenvalue weighted by atomic mass is 35.5. The van der Waals surface area contributed by atoms with Gasteiger partial charge in [-0.3, -0.25) is 9.59 Å². The Morgan fingerprint density at radius 3 is 2.39 bits per heavy atom. The minimum absolute atomic E-state index is 0.00472. The molecule has 0 spiro atoms. The van der Waals surface area contributed by atoms with Crippen LogP contribution in [-0.4, -0.2) is 53.8 Å². The third-order valence-electron chi connectivity index (χ3n) is 7.04. The summed E-state index contributed by atoms with van der Waals surface area (Å²) in [4.78, 5) is 33.1. The molecule has 3 N–H and O–H groups in total. The van der Waals surface area contributed by atoms with Crippen LogP contribution in [-0.2, 0) is 17.8 Å². The largest absolute Gasteiger partial charge is 0.471 e. The van der Waals surface area contributed by atoms with Gasteiger partial charge >= 0.3 is 12.1 Å². The highest BCUT2D eigenvalue weighted by molar-refractivity contribution is 6.40. The fourth-order valence-corrected chi connectivity index (χ4v) is 5.27. The smallest absolute Gasteiger partial charge is 0.391 e. The molecule has 1 aromatic carbocycles. The Balaban J connectivity index is 1.51. The van der Waals surface area contributed by atoms with Crippen LogP contribution in [0.3, 0.4) is 0 Å². The van der Waals surface area contributed by atoms with Gasteiger partial charge in [0.2, 0.25) is 5.88 Å². The van der Waals surface area contributed by atoms with E-state index in [-0.39, 0.29) is 77.2 Å². The minimum Gasteiger partial charge on any atom is -0.471 e. The van der Waals surface area contributed by atoms with E-state index in [1.807, 2.05) is 0 Å². The summed E-state index contributed by atoms with van der Waals surface area (Å²) in [5.41, 5.74) is 0.594. The van der Waals surface area contributed by atoms with E-state index in [9.17, 15) is 40.3 Å². The molecule has 2 aromatic rings. The zero-order valence-electron chi connectivity index (χ0n) is 22.9. The van der Waals surface area contributed by atoms with Gasteiger partial charge in [0.05, 0.1) is 21.7 Å². The third kappa shape index (κ3) is 8.23. The molecule has 0 radical (unpaired) electrons. The number of halogens is 9. The summed E-state index contributed by atoms with van der Waals surface area (Å²) < 4.78 is 96.4. The molecule has 4 rings (SSSR count). The van der Waals surface area contributed by atoms with Crippen LogP contribution in [0.5, 0.6) is 5.88 Å². The van der Waals surface area contributed by atoms with Gasteiger partial charge in [0.15, 0.2) is 12.4 Å². The van der Waals surface area contributed by atoms with Crippen LogP contribution >= 0.6 is 23.2 Å². The number of alkyl halides is 7. The van der Waals surface area contributed by atoms with Crippen LogP contribution in [0.4, 0.5) is 42.2 Å². The number of nitrogens with one attached hydrogen (secondary N) is 3. The van der Waals surface area contributed by atoms with E-state index in [1.54, 1.807) is 0 Å². The Morgan fingerprint density at radius 2 is 1.77 bits per heavy atom. The summed E-state index contributed by atoms with van der Waals surface area (Å²) in [7, 11) is 0. The van der Waals surface area contributed by atoms with Gasteiger partial charge in [-0.1, -0.05) is 29.3 Å². The molecule has 2 aliphatic rings. The number of aromatic nitrogens is 1. The zero-order valence-corrected chi connectivity index (χ0v) is 24.4. The Bertz CT molecular complexity index is 1440. The Kier molecular flexibility index (Phi) is 10.2. The zero-order chi connectivity index (χ0) is 32.4. The SMILES string of the molecule is CC(F)(F)C(=O)NCc1ccc(Cl)c(NC2=Nc3nc(OCC(F)F)c(C(=O)NC4CCC(C(F)(F)F)CC4)cc3C2)c1Cl. The van der Waals surface area contributed by atoms with Gasteiger partial charge in [0, 0.05) is 31.5 Å². The molecule has 1 saturated carbocycles. The van der Waals surface area contributed by atoms with Crippen LogP contribution in [0.15, 0.2) is 23.2 Å². The fraction of sp³-hybridized carbons (Fsp3) is 0.481. The van der Waals surface area contributed by atoms with Gasteiger partial charge < -0.3 is 20.7 Å². The van der Waals surface area contributed by atoms with E-state index < -0.39 is 54.8 Å². The molecule has 240 valence electrons. The normalized spacial score (nSPS) is 18.5. The minimum atomic E-state index is -4.32. The molecular formula is C27H26Cl2F7N5O3. The number of amidine groups is 1. The Morgan fingerprint density at radius 1 is 1.09 bits per heavy atom. The van der Waals surface area contributed by atoms with E-state index >= 15 is 0 Å². The van der Waals surface area contributed by atoms with Gasteiger partial charge in [0.1, 0.15) is 11.4 Å². The first-order chi connectivity index (χ1) is 20.5. The number of carbonyl (C=O) groups is 2. The van der Waals surface area contributed by atoms with Crippen molar-refractivity contribution in [3.05, 3.63) is 44.9 Å². The van der Waals surface area contributed by atoms with Crippen molar-refractivity contribution >= 4 is 52.4 Å². The quantitative estimate of drug-likeness (QED) is 0.253. The first kappa shape index (κ1) is 33.6. The van der Waals surface area contributed by atoms with Crippen molar-refractivity contribution in [3.63, 3.8) is 0 Å². The maximum absolute atomic E-state index is 13.2. The van der Waals surface area contributed by atoms with Gasteiger partial charge in [0.25, 0.3) is 18.2 Å². The predicted octanol–water partition coefficient (Wildman–Crippen LogP) is 6.85. The molecule has 0 atom stereocenters. The molecule has 0 bridgehead atoms. The van der Waals surface area contributed by atoms with E-state index in [2.05, 4.69) is 25.9 Å². The highest BCUT2D eigenvalue weighted by Gasteiger charge is 2.41. The van der Waals surface area contributed by atoms with E-state index in [0.29, 0.717) is 12.5 Å². The molecule has 1 fully saturated rings. The van der Waals surface area contributed by atoms with Crippen molar-refractivity contribution in [2.75, 3.05) is 11.9 Å². The number of carbonyl (C=O) groups excluding carboxylic acids is 2. The van der Waals surface area contributed by atoms with Gasteiger partial charge in [-0.05, 0) is 43.4 Å². The number of hydrogen-bond donors (Lipinski definition) is 3. The molecule has 1 aliphatic carbocycles. The summed E-state index contributed by atoms with van der Waals surface area (Å²) >= 11 is 12.7. The predicted molar refractivity (Wildman–Crippen MR) is 148 cm³/mol. The molecule has 0 saturated heterocycles. The molecule has 8 nitrogen and oxygen atoms in total. The number of anilines is 1. The first-order valence-corrected chi connectivity index (χ1v) is 14.1. The van der Waals surface area contributed by atoms with Crippen LogP contribution in [0, 0.1) is 5.92 Å². The van der Waals surface area contributed by atoms with Crippen molar-refractivity contribution in [1.82, 2.24) is 15.6 Å². The number of amides is 2. The van der Waals surface area contributed by atoms with Gasteiger partial charge in [-0.2, -0.15) is 26.9 Å². The summed E-state index contributed by atoms with van der Waals surface area (Å²) in [6, 6.07) is 3.64. The standard InChI is InChI=1S/C27H26Cl2F7N5O3/c1-26(32,33)25(43)37-10-12-2-7-17(28)21(20(12)29)39-19-9-13-8-16(24(41-22(13)40-19)44-11-18(30)31)23(42)38-15-5-3-14(4-6-15)27(34,35)36/h2,7-8,14-15,18H,3-6,9-11H2,1H3,(H,37,43)(H,38,42)(H,39,40,41). The van der Waals surface area contributed by atoms with Crippen molar-refractivity contribution in [3.8, 4) is 5.88 Å². The summed E-state index contributed by atoms with van der Waals surface area (Å²) in [5.74, 6) is -7.47. The molecule has 44 heavy (non-hydrogen) atoms. The van der Waals surface area contributed by atoms with Crippen LogP contribution < -0.4 is 20.7 Å². The lowest BCUT2D eigenvalue weighted by atomic mass is 9.85.